The van der Waals surface area contributed by atoms with Crippen molar-refractivity contribution in [3.05, 3.63) is 11.6 Å². The molecule has 0 aromatic carbocycles. The maximum Gasteiger partial charge on any atom is 0.138 e. The van der Waals surface area contributed by atoms with Gasteiger partial charge in [-0.05, 0) is 105 Å². The van der Waals surface area contributed by atoms with Gasteiger partial charge in [-0.15, -0.1) is 11.6 Å². The molecule has 8 atom stereocenters. The number of hydrogen-bond donors (Lipinski definition) is 1. The summed E-state index contributed by atoms with van der Waals surface area (Å²) in [4.78, 5) is 12.3. The van der Waals surface area contributed by atoms with Crippen LogP contribution in [0.15, 0.2) is 11.6 Å². The van der Waals surface area contributed by atoms with Crippen LogP contribution >= 0.6 is 11.6 Å². The highest BCUT2D eigenvalue weighted by atomic mass is 35.5. The number of halogens is 1. The highest BCUT2D eigenvalue weighted by molar-refractivity contribution is 6.23. The maximum atomic E-state index is 12.8. The Labute approximate surface area is 208 Å². The van der Waals surface area contributed by atoms with Crippen molar-refractivity contribution in [2.24, 2.45) is 45.3 Å². The lowest BCUT2D eigenvalue weighted by molar-refractivity contribution is -0.146. The topological polar surface area (TPSA) is 37.3 Å². The fourth-order valence-corrected chi connectivity index (χ4v) is 9.54. The van der Waals surface area contributed by atoms with E-state index in [1.54, 1.807) is 5.57 Å². The van der Waals surface area contributed by atoms with E-state index in [1.807, 2.05) is 13.8 Å². The van der Waals surface area contributed by atoms with Gasteiger partial charge in [0.1, 0.15) is 5.78 Å². The van der Waals surface area contributed by atoms with E-state index in [-0.39, 0.29) is 16.2 Å². The summed E-state index contributed by atoms with van der Waals surface area (Å²) in [6.07, 6.45) is 12.0. The zero-order valence-corrected chi connectivity index (χ0v) is 23.3. The largest absolute Gasteiger partial charge is 0.391 e. The van der Waals surface area contributed by atoms with Crippen molar-refractivity contribution in [2.75, 3.05) is 0 Å². The quantitative estimate of drug-likeness (QED) is 0.322. The lowest BCUT2D eigenvalue weighted by Crippen LogP contribution is -2.57. The van der Waals surface area contributed by atoms with Crippen molar-refractivity contribution >= 4 is 17.4 Å². The number of ketones is 1. The van der Waals surface area contributed by atoms with Crippen molar-refractivity contribution in [1.29, 1.82) is 0 Å². The second-order valence-corrected chi connectivity index (χ2v) is 15.2. The van der Waals surface area contributed by atoms with Gasteiger partial charge < -0.3 is 5.11 Å². The zero-order valence-electron chi connectivity index (χ0n) is 22.6. The fourth-order valence-electron chi connectivity index (χ4n) is 9.43. The summed E-state index contributed by atoms with van der Waals surface area (Å²) in [6.45, 7) is 18.4. The Hall–Kier alpha value is -0.340. The summed E-state index contributed by atoms with van der Waals surface area (Å²) in [5.74, 6) is 2.88. The smallest absolute Gasteiger partial charge is 0.138 e. The molecule has 0 bridgehead atoms. The van der Waals surface area contributed by atoms with E-state index < -0.39 is 11.0 Å². The third-order valence-corrected chi connectivity index (χ3v) is 12.3. The zero-order chi connectivity index (χ0) is 24.6. The molecule has 3 saturated carbocycles. The normalized spacial score (nSPS) is 44.4. The molecular formula is C30H49ClO2. The molecule has 0 saturated heterocycles. The molecule has 4 rings (SSSR count). The Morgan fingerprint density at radius 1 is 1.09 bits per heavy atom. The molecule has 0 amide bonds. The van der Waals surface area contributed by atoms with E-state index in [0.29, 0.717) is 34.9 Å². The van der Waals surface area contributed by atoms with Crippen LogP contribution in [-0.4, -0.2) is 21.9 Å². The summed E-state index contributed by atoms with van der Waals surface area (Å²) in [7, 11) is 0. The van der Waals surface area contributed by atoms with Gasteiger partial charge in [-0.2, -0.15) is 0 Å². The van der Waals surface area contributed by atoms with Crippen LogP contribution in [0.4, 0.5) is 0 Å². The van der Waals surface area contributed by atoms with Crippen LogP contribution < -0.4 is 0 Å². The predicted molar refractivity (Wildman–Crippen MR) is 138 cm³/mol. The molecule has 188 valence electrons. The number of rotatable bonds is 5. The molecule has 3 fully saturated rings. The number of aliphatic hydroxyl groups excluding tert-OH is 1. The van der Waals surface area contributed by atoms with E-state index >= 15 is 0 Å². The summed E-state index contributed by atoms with van der Waals surface area (Å²) in [5.41, 5.74) is 2.39. The molecule has 2 nitrogen and oxygen atoms in total. The summed E-state index contributed by atoms with van der Waals surface area (Å²) in [5, 5.41) is 10.5. The first kappa shape index (κ1) is 25.7. The van der Waals surface area contributed by atoms with Crippen LogP contribution in [0.1, 0.15) is 113 Å². The molecule has 4 aliphatic carbocycles. The number of fused-ring (bicyclic) bond motifs is 5. The number of Topliss-reactive ketones (excluding diaryl/α,β-unsaturated/α-hetero) is 1. The SMILES string of the molecule is C[C@@H](CC[C@H](O)C(C)(C)Cl)[C@@H]1CC[C@]2(C)C3=CC[C@H]4C(C)(C)C(=O)CC[C@]4(C)[C@H]3CC[C@@]12C. The van der Waals surface area contributed by atoms with Crippen LogP contribution in [0.5, 0.6) is 0 Å². The summed E-state index contributed by atoms with van der Waals surface area (Å²) in [6, 6.07) is 0. The molecule has 33 heavy (non-hydrogen) atoms. The first-order valence-electron chi connectivity index (χ1n) is 13.7. The summed E-state index contributed by atoms with van der Waals surface area (Å²) < 4.78 is 0. The molecule has 1 N–H and O–H groups in total. The minimum absolute atomic E-state index is 0.194. The van der Waals surface area contributed by atoms with Crippen molar-refractivity contribution in [1.82, 2.24) is 0 Å². The molecule has 3 heteroatoms. The fraction of sp³-hybridized carbons (Fsp3) is 0.900. The Morgan fingerprint density at radius 2 is 1.76 bits per heavy atom. The second-order valence-electron chi connectivity index (χ2n) is 14.2. The summed E-state index contributed by atoms with van der Waals surface area (Å²) >= 11 is 6.38. The molecule has 0 aromatic heterocycles. The average molecular weight is 477 g/mol. The van der Waals surface area contributed by atoms with Crippen LogP contribution in [-0.2, 0) is 4.79 Å². The van der Waals surface area contributed by atoms with E-state index in [0.717, 1.165) is 32.1 Å². The first-order chi connectivity index (χ1) is 15.1. The third kappa shape index (κ3) is 3.71. The molecule has 4 aliphatic rings. The van der Waals surface area contributed by atoms with Crippen LogP contribution in [0.3, 0.4) is 0 Å². The molecule has 0 aliphatic heterocycles. The van der Waals surface area contributed by atoms with Gasteiger partial charge in [-0.1, -0.05) is 53.2 Å². The number of carbonyl (C=O) groups is 1. The number of allylic oxidation sites excluding steroid dienone is 2. The minimum Gasteiger partial charge on any atom is -0.391 e. The highest BCUT2D eigenvalue weighted by Gasteiger charge is 2.65. The van der Waals surface area contributed by atoms with Gasteiger partial charge in [-0.25, -0.2) is 0 Å². The van der Waals surface area contributed by atoms with Crippen LogP contribution in [0.2, 0.25) is 0 Å². The highest BCUT2D eigenvalue weighted by Crippen LogP contribution is 2.73. The van der Waals surface area contributed by atoms with E-state index in [9.17, 15) is 9.90 Å². The van der Waals surface area contributed by atoms with Crippen molar-refractivity contribution in [3.8, 4) is 0 Å². The van der Waals surface area contributed by atoms with E-state index in [1.165, 1.54) is 25.7 Å². The van der Waals surface area contributed by atoms with E-state index in [4.69, 9.17) is 11.6 Å². The van der Waals surface area contributed by atoms with Gasteiger partial charge in [0.15, 0.2) is 0 Å². The Balaban J connectivity index is 1.59. The number of aliphatic hydroxyl groups is 1. The molecule has 0 unspecified atom stereocenters. The van der Waals surface area contributed by atoms with Crippen molar-refractivity contribution in [3.63, 3.8) is 0 Å². The van der Waals surface area contributed by atoms with Gasteiger partial charge in [0.05, 0.1) is 11.0 Å². The van der Waals surface area contributed by atoms with Gasteiger partial charge in [-0.3, -0.25) is 4.79 Å². The van der Waals surface area contributed by atoms with Gasteiger partial charge in [0.25, 0.3) is 0 Å². The van der Waals surface area contributed by atoms with Crippen molar-refractivity contribution < 1.29 is 9.90 Å². The van der Waals surface area contributed by atoms with Gasteiger partial charge >= 0.3 is 0 Å². The van der Waals surface area contributed by atoms with Gasteiger partial charge in [0.2, 0.25) is 0 Å². The molecule has 0 aromatic rings. The number of alkyl halides is 1. The van der Waals surface area contributed by atoms with Crippen molar-refractivity contribution in [2.45, 2.75) is 124 Å². The van der Waals surface area contributed by atoms with Gasteiger partial charge in [0, 0.05) is 11.8 Å². The Kier molecular flexibility index (Phi) is 6.31. The third-order valence-electron chi connectivity index (χ3n) is 12.0. The number of carbonyl (C=O) groups excluding carboxylic acids is 1. The molecule has 0 heterocycles. The second kappa shape index (κ2) is 8.09. The molecular weight excluding hydrogens is 428 g/mol. The predicted octanol–water partition coefficient (Wildman–Crippen LogP) is 7.96. The molecule has 0 radical (unpaired) electrons. The Morgan fingerprint density at radius 3 is 2.39 bits per heavy atom. The molecule has 0 spiro atoms. The van der Waals surface area contributed by atoms with Crippen LogP contribution in [0.25, 0.3) is 0 Å². The number of hydrogen-bond acceptors (Lipinski definition) is 2. The van der Waals surface area contributed by atoms with E-state index in [2.05, 4.69) is 47.6 Å². The van der Waals surface area contributed by atoms with Crippen LogP contribution in [0, 0.1) is 45.3 Å². The monoisotopic (exact) mass is 476 g/mol. The Bertz CT molecular complexity index is 822. The maximum absolute atomic E-state index is 12.8. The average Bonchev–Trinajstić information content (AvgIpc) is 3.00. The lowest BCUT2D eigenvalue weighted by atomic mass is 9.41. The standard InChI is InChI=1S/C30H49ClO2/c1-19(9-12-25(33)27(4,5)31)20-13-17-30(8)22-10-11-23-26(2,3)24(32)15-16-28(23,6)21(22)14-18-29(20,30)7/h10,19-21,23,25,33H,9,11-18H2,1-8H3/t19-,20-,21-,23-,25-,28+,29-,30+/m0/s1. The minimum atomic E-state index is -0.556. The first-order valence-corrected chi connectivity index (χ1v) is 14.1. The lowest BCUT2D eigenvalue weighted by Gasteiger charge is -2.63.